The highest BCUT2D eigenvalue weighted by molar-refractivity contribution is 14.0. The summed E-state index contributed by atoms with van der Waals surface area (Å²) in [5.41, 5.74) is 0.413. The van der Waals surface area contributed by atoms with Gasteiger partial charge in [0.05, 0.1) is 0 Å². The van der Waals surface area contributed by atoms with E-state index in [0.29, 0.717) is 11.5 Å². The van der Waals surface area contributed by atoms with Crippen LogP contribution in [0.4, 0.5) is 0 Å². The smallest absolute Gasteiger partial charge is 0.191 e. The van der Waals surface area contributed by atoms with Crippen LogP contribution in [0.2, 0.25) is 0 Å². The van der Waals surface area contributed by atoms with Crippen LogP contribution in [0.15, 0.2) is 17.1 Å². The van der Waals surface area contributed by atoms with Gasteiger partial charge in [-0.3, -0.25) is 4.99 Å². The molecule has 112 valence electrons. The van der Waals surface area contributed by atoms with E-state index in [1.807, 2.05) is 0 Å². The van der Waals surface area contributed by atoms with Crippen molar-refractivity contribution in [1.82, 2.24) is 10.6 Å². The van der Waals surface area contributed by atoms with Crippen molar-refractivity contribution in [3.05, 3.63) is 12.2 Å². The van der Waals surface area contributed by atoms with E-state index in [1.165, 1.54) is 6.42 Å². The SMILES string of the molecule is CCNC(=NCCCC(C)(C)C)NC1CC=CC1.I. The van der Waals surface area contributed by atoms with E-state index in [2.05, 4.69) is 55.5 Å². The maximum absolute atomic E-state index is 4.65. The Morgan fingerprint density at radius 1 is 1.26 bits per heavy atom. The molecule has 0 unspecified atom stereocenters. The minimum atomic E-state index is 0. The molecule has 0 saturated carbocycles. The number of hydrogen-bond acceptors (Lipinski definition) is 1. The monoisotopic (exact) mass is 379 g/mol. The first-order valence-corrected chi connectivity index (χ1v) is 7.21. The summed E-state index contributed by atoms with van der Waals surface area (Å²) in [5.74, 6) is 0.972. The summed E-state index contributed by atoms with van der Waals surface area (Å²) in [5, 5.41) is 6.81. The molecule has 0 amide bonds. The van der Waals surface area contributed by atoms with E-state index in [0.717, 1.165) is 38.3 Å². The average molecular weight is 379 g/mol. The zero-order chi connectivity index (χ0) is 13.4. The summed E-state index contributed by atoms with van der Waals surface area (Å²) < 4.78 is 0. The standard InChI is InChI=1S/C15H29N3.HI/c1-5-16-14(18-13-9-6-7-10-13)17-12-8-11-15(2,3)4;/h6-7,13H,5,8-12H2,1-4H3,(H2,16,17,18);1H. The third kappa shape index (κ3) is 9.30. The zero-order valence-electron chi connectivity index (χ0n) is 12.8. The van der Waals surface area contributed by atoms with Crippen molar-refractivity contribution in [2.75, 3.05) is 13.1 Å². The largest absolute Gasteiger partial charge is 0.357 e. The summed E-state index contributed by atoms with van der Waals surface area (Å²) >= 11 is 0. The first kappa shape index (κ1) is 18.7. The Labute approximate surface area is 135 Å². The van der Waals surface area contributed by atoms with Crippen molar-refractivity contribution >= 4 is 29.9 Å². The van der Waals surface area contributed by atoms with Gasteiger partial charge in [0.15, 0.2) is 5.96 Å². The number of nitrogens with one attached hydrogen (secondary N) is 2. The number of guanidine groups is 1. The molecule has 0 aliphatic heterocycles. The predicted octanol–water partition coefficient (Wildman–Crippen LogP) is 3.70. The van der Waals surface area contributed by atoms with Gasteiger partial charge in [-0.15, -0.1) is 24.0 Å². The van der Waals surface area contributed by atoms with E-state index in [1.54, 1.807) is 0 Å². The van der Waals surface area contributed by atoms with Crippen LogP contribution in [-0.4, -0.2) is 25.1 Å². The molecule has 0 bridgehead atoms. The van der Waals surface area contributed by atoms with Crippen LogP contribution < -0.4 is 10.6 Å². The zero-order valence-corrected chi connectivity index (χ0v) is 15.2. The molecule has 0 heterocycles. The Bertz CT molecular complexity index is 284. The van der Waals surface area contributed by atoms with Gasteiger partial charge < -0.3 is 10.6 Å². The van der Waals surface area contributed by atoms with Gasteiger partial charge in [0.1, 0.15) is 0 Å². The summed E-state index contributed by atoms with van der Waals surface area (Å²) in [7, 11) is 0. The lowest BCUT2D eigenvalue weighted by Gasteiger charge is -2.18. The van der Waals surface area contributed by atoms with Gasteiger partial charge in [-0.05, 0) is 38.0 Å². The normalized spacial score (nSPS) is 16.3. The number of aliphatic imine (C=N–C) groups is 1. The van der Waals surface area contributed by atoms with Crippen LogP contribution in [0.5, 0.6) is 0 Å². The van der Waals surface area contributed by atoms with Crippen LogP contribution in [0.3, 0.4) is 0 Å². The van der Waals surface area contributed by atoms with Crippen LogP contribution in [0, 0.1) is 5.41 Å². The Hall–Kier alpha value is -0.260. The molecule has 1 rings (SSSR count). The van der Waals surface area contributed by atoms with Gasteiger partial charge in [0, 0.05) is 19.1 Å². The first-order chi connectivity index (χ1) is 8.51. The van der Waals surface area contributed by atoms with Crippen LogP contribution in [0.1, 0.15) is 53.4 Å². The average Bonchev–Trinajstić information content (AvgIpc) is 2.76. The van der Waals surface area contributed by atoms with Crippen molar-refractivity contribution in [2.24, 2.45) is 10.4 Å². The lowest BCUT2D eigenvalue weighted by Crippen LogP contribution is -2.42. The highest BCUT2D eigenvalue weighted by atomic mass is 127. The quantitative estimate of drug-likeness (QED) is 0.251. The molecular formula is C15H30IN3. The second kappa shape index (κ2) is 9.61. The molecule has 1 aliphatic carbocycles. The predicted molar refractivity (Wildman–Crippen MR) is 95.4 cm³/mol. The second-order valence-corrected chi connectivity index (χ2v) is 6.21. The van der Waals surface area contributed by atoms with Crippen LogP contribution in [-0.2, 0) is 0 Å². The third-order valence-corrected chi connectivity index (χ3v) is 3.05. The van der Waals surface area contributed by atoms with E-state index in [-0.39, 0.29) is 24.0 Å². The molecule has 0 radical (unpaired) electrons. The molecule has 4 heteroatoms. The lowest BCUT2D eigenvalue weighted by molar-refractivity contribution is 0.368. The van der Waals surface area contributed by atoms with Crippen molar-refractivity contribution in [1.29, 1.82) is 0 Å². The lowest BCUT2D eigenvalue weighted by atomic mass is 9.91. The molecule has 0 aromatic heterocycles. The molecule has 3 nitrogen and oxygen atoms in total. The fourth-order valence-electron chi connectivity index (χ4n) is 2.05. The van der Waals surface area contributed by atoms with E-state index in [4.69, 9.17) is 0 Å². The highest BCUT2D eigenvalue weighted by Gasteiger charge is 2.12. The van der Waals surface area contributed by atoms with Gasteiger partial charge in [0.2, 0.25) is 0 Å². The fourth-order valence-corrected chi connectivity index (χ4v) is 2.05. The maximum atomic E-state index is 4.65. The number of rotatable bonds is 5. The Balaban J connectivity index is 0.00000324. The van der Waals surface area contributed by atoms with Gasteiger partial charge >= 0.3 is 0 Å². The van der Waals surface area contributed by atoms with E-state index < -0.39 is 0 Å². The minimum Gasteiger partial charge on any atom is -0.357 e. The van der Waals surface area contributed by atoms with Gasteiger partial charge in [-0.2, -0.15) is 0 Å². The molecule has 0 aromatic rings. The van der Waals surface area contributed by atoms with Gasteiger partial charge in [-0.25, -0.2) is 0 Å². The maximum Gasteiger partial charge on any atom is 0.191 e. The number of halogens is 1. The Kier molecular flexibility index (Phi) is 9.48. The number of nitrogens with zero attached hydrogens (tertiary/aromatic N) is 1. The van der Waals surface area contributed by atoms with E-state index >= 15 is 0 Å². The molecule has 0 aromatic carbocycles. The Morgan fingerprint density at radius 2 is 1.89 bits per heavy atom. The van der Waals surface area contributed by atoms with Crippen LogP contribution in [0.25, 0.3) is 0 Å². The molecule has 1 aliphatic rings. The topological polar surface area (TPSA) is 36.4 Å². The fraction of sp³-hybridized carbons (Fsp3) is 0.800. The van der Waals surface area contributed by atoms with Crippen molar-refractivity contribution in [3.8, 4) is 0 Å². The number of hydrogen-bond donors (Lipinski definition) is 2. The summed E-state index contributed by atoms with van der Waals surface area (Å²) in [6.07, 6.45) is 9.09. The first-order valence-electron chi connectivity index (χ1n) is 7.21. The van der Waals surface area contributed by atoms with Crippen molar-refractivity contribution in [2.45, 2.75) is 59.4 Å². The molecular weight excluding hydrogens is 349 g/mol. The highest BCUT2D eigenvalue weighted by Crippen LogP contribution is 2.20. The molecule has 2 N–H and O–H groups in total. The van der Waals surface area contributed by atoms with Crippen LogP contribution >= 0.6 is 24.0 Å². The Morgan fingerprint density at radius 3 is 2.42 bits per heavy atom. The molecule has 0 fully saturated rings. The summed E-state index contributed by atoms with van der Waals surface area (Å²) in [6, 6.07) is 0.533. The molecule has 19 heavy (non-hydrogen) atoms. The van der Waals surface area contributed by atoms with Crippen molar-refractivity contribution in [3.63, 3.8) is 0 Å². The van der Waals surface area contributed by atoms with Gasteiger partial charge in [0.25, 0.3) is 0 Å². The van der Waals surface area contributed by atoms with E-state index in [9.17, 15) is 0 Å². The molecule has 0 atom stereocenters. The third-order valence-electron chi connectivity index (χ3n) is 3.05. The van der Waals surface area contributed by atoms with Crippen molar-refractivity contribution < 1.29 is 0 Å². The molecule has 0 saturated heterocycles. The molecule has 0 spiro atoms. The van der Waals surface area contributed by atoms with Gasteiger partial charge in [-0.1, -0.05) is 32.9 Å². The summed E-state index contributed by atoms with van der Waals surface area (Å²) in [4.78, 5) is 4.65. The summed E-state index contributed by atoms with van der Waals surface area (Å²) in [6.45, 7) is 10.8. The second-order valence-electron chi connectivity index (χ2n) is 6.21. The minimum absolute atomic E-state index is 0.